The van der Waals surface area contributed by atoms with E-state index in [1.807, 2.05) is 5.32 Å². The summed E-state index contributed by atoms with van der Waals surface area (Å²) in [6.07, 6.45) is -4.52. The average molecular weight is 316 g/mol. The van der Waals surface area contributed by atoms with E-state index in [4.69, 9.17) is 4.74 Å². The third-order valence-corrected chi connectivity index (χ3v) is 3.50. The van der Waals surface area contributed by atoms with Crippen molar-refractivity contribution in [3.63, 3.8) is 0 Å². The summed E-state index contributed by atoms with van der Waals surface area (Å²) in [5.41, 5.74) is 0.975. The van der Waals surface area contributed by atoms with E-state index in [1.165, 1.54) is 12.1 Å². The number of carbonyl (C=O) groups is 1. The lowest BCUT2D eigenvalue weighted by molar-refractivity contribution is -0.162. The Hall–Kier alpha value is -1.60. The highest BCUT2D eigenvalue weighted by Gasteiger charge is 2.41. The number of benzene rings is 1. The predicted octanol–water partition coefficient (Wildman–Crippen LogP) is 2.26. The molecule has 2 rings (SSSR count). The van der Waals surface area contributed by atoms with Crippen LogP contribution in [0.3, 0.4) is 0 Å². The van der Waals surface area contributed by atoms with Crippen LogP contribution in [-0.2, 0) is 16.1 Å². The van der Waals surface area contributed by atoms with Crippen LogP contribution in [0.5, 0.6) is 0 Å². The monoisotopic (exact) mass is 316 g/mol. The molecule has 7 heteroatoms. The number of carbonyl (C=O) groups excluding carboxylic acids is 1. The third-order valence-electron chi connectivity index (χ3n) is 3.50. The van der Waals surface area contributed by atoms with Crippen molar-refractivity contribution in [3.05, 3.63) is 35.4 Å². The molecular weight excluding hydrogens is 297 g/mol. The van der Waals surface area contributed by atoms with Crippen molar-refractivity contribution in [2.45, 2.75) is 25.7 Å². The molecule has 0 radical (unpaired) electrons. The highest BCUT2D eigenvalue weighted by Crippen LogP contribution is 2.32. The first-order valence-electron chi connectivity index (χ1n) is 7.09. The topological polar surface area (TPSA) is 41.6 Å². The van der Waals surface area contributed by atoms with Gasteiger partial charge in [0.15, 0.2) is 6.04 Å². The SMILES string of the molecule is CC(=O)N[C@H](c1ccc(CN2CCOCC2)cc1)C(F)(F)F. The molecule has 1 N–H and O–H groups in total. The van der Waals surface area contributed by atoms with E-state index >= 15 is 0 Å². The Morgan fingerprint density at radius 2 is 1.86 bits per heavy atom. The molecule has 0 aromatic heterocycles. The molecule has 0 spiro atoms. The average Bonchev–Trinajstić information content (AvgIpc) is 2.46. The van der Waals surface area contributed by atoms with Gasteiger partial charge in [0.1, 0.15) is 0 Å². The molecule has 1 heterocycles. The lowest BCUT2D eigenvalue weighted by Gasteiger charge is -2.27. The highest BCUT2D eigenvalue weighted by atomic mass is 19.4. The molecule has 1 aliphatic rings. The van der Waals surface area contributed by atoms with E-state index in [0.29, 0.717) is 19.8 Å². The quantitative estimate of drug-likeness (QED) is 0.926. The largest absolute Gasteiger partial charge is 0.412 e. The van der Waals surface area contributed by atoms with Gasteiger partial charge in [0.2, 0.25) is 5.91 Å². The molecule has 0 bridgehead atoms. The standard InChI is InChI=1S/C15H19F3N2O2/c1-11(21)19-14(15(16,17)18)13-4-2-12(3-5-13)10-20-6-8-22-9-7-20/h2-5,14H,6-10H2,1H3,(H,19,21)/t14-/m1/s1. The molecule has 22 heavy (non-hydrogen) atoms. The molecule has 0 aliphatic carbocycles. The van der Waals surface area contributed by atoms with Gasteiger partial charge in [-0.2, -0.15) is 13.2 Å². The molecule has 1 aromatic carbocycles. The van der Waals surface area contributed by atoms with Gasteiger partial charge >= 0.3 is 6.18 Å². The second-order valence-corrected chi connectivity index (χ2v) is 5.31. The van der Waals surface area contributed by atoms with Gasteiger partial charge in [-0.3, -0.25) is 9.69 Å². The fraction of sp³-hybridized carbons (Fsp3) is 0.533. The van der Waals surface area contributed by atoms with Crippen LogP contribution in [0, 0.1) is 0 Å². The Morgan fingerprint density at radius 1 is 1.27 bits per heavy atom. The molecule has 0 saturated carbocycles. The van der Waals surface area contributed by atoms with Crippen LogP contribution in [-0.4, -0.2) is 43.3 Å². The molecule has 1 amide bonds. The fourth-order valence-corrected chi connectivity index (χ4v) is 2.39. The fourth-order valence-electron chi connectivity index (χ4n) is 2.39. The number of alkyl halides is 3. The third kappa shape index (κ3) is 4.71. The van der Waals surface area contributed by atoms with E-state index in [0.717, 1.165) is 25.6 Å². The van der Waals surface area contributed by atoms with E-state index < -0.39 is 18.1 Å². The maximum atomic E-state index is 13.0. The molecule has 4 nitrogen and oxygen atoms in total. The highest BCUT2D eigenvalue weighted by molar-refractivity contribution is 5.73. The van der Waals surface area contributed by atoms with Crippen LogP contribution in [0.1, 0.15) is 24.1 Å². The minimum Gasteiger partial charge on any atom is -0.379 e. The molecular formula is C15H19F3N2O2. The summed E-state index contributed by atoms with van der Waals surface area (Å²) in [6, 6.07) is 4.22. The molecule has 1 fully saturated rings. The van der Waals surface area contributed by atoms with Crippen molar-refractivity contribution in [2.75, 3.05) is 26.3 Å². The van der Waals surface area contributed by atoms with E-state index in [2.05, 4.69) is 4.90 Å². The minimum absolute atomic E-state index is 0.0356. The normalized spacial score (nSPS) is 18.0. The Balaban J connectivity index is 2.06. The summed E-state index contributed by atoms with van der Waals surface area (Å²) in [6.45, 7) is 4.75. The summed E-state index contributed by atoms with van der Waals surface area (Å²) in [7, 11) is 0. The van der Waals surface area contributed by atoms with Crippen molar-refractivity contribution in [1.29, 1.82) is 0 Å². The maximum absolute atomic E-state index is 13.0. The van der Waals surface area contributed by atoms with Crippen LogP contribution >= 0.6 is 0 Å². The lowest BCUT2D eigenvalue weighted by atomic mass is 10.0. The summed E-state index contributed by atoms with van der Waals surface area (Å²) >= 11 is 0. The number of rotatable bonds is 4. The van der Waals surface area contributed by atoms with Crippen LogP contribution in [0.4, 0.5) is 13.2 Å². The van der Waals surface area contributed by atoms with Crippen molar-refractivity contribution in [2.24, 2.45) is 0 Å². The predicted molar refractivity (Wildman–Crippen MR) is 75.2 cm³/mol. The zero-order valence-corrected chi connectivity index (χ0v) is 12.3. The van der Waals surface area contributed by atoms with Gasteiger partial charge in [-0.15, -0.1) is 0 Å². The number of halogens is 3. The Kier molecular flexibility index (Phi) is 5.42. The van der Waals surface area contributed by atoms with Crippen molar-refractivity contribution in [1.82, 2.24) is 10.2 Å². The molecule has 0 unspecified atom stereocenters. The molecule has 122 valence electrons. The summed E-state index contributed by atoms with van der Waals surface area (Å²) in [5, 5.41) is 1.95. The Morgan fingerprint density at radius 3 is 2.36 bits per heavy atom. The van der Waals surface area contributed by atoms with Crippen LogP contribution in [0.25, 0.3) is 0 Å². The van der Waals surface area contributed by atoms with Crippen LogP contribution in [0.15, 0.2) is 24.3 Å². The van der Waals surface area contributed by atoms with Gasteiger partial charge in [0.05, 0.1) is 13.2 Å². The Labute approximate surface area is 127 Å². The second kappa shape index (κ2) is 7.11. The number of nitrogens with one attached hydrogen (secondary N) is 1. The zero-order chi connectivity index (χ0) is 16.2. The van der Waals surface area contributed by atoms with Crippen molar-refractivity contribution in [3.8, 4) is 0 Å². The van der Waals surface area contributed by atoms with Crippen molar-refractivity contribution >= 4 is 5.91 Å². The minimum atomic E-state index is -4.52. The smallest absolute Gasteiger partial charge is 0.379 e. The zero-order valence-electron chi connectivity index (χ0n) is 12.3. The lowest BCUT2D eigenvalue weighted by Crippen LogP contribution is -2.37. The number of hydrogen-bond acceptors (Lipinski definition) is 3. The van der Waals surface area contributed by atoms with Gasteiger partial charge in [0.25, 0.3) is 0 Å². The number of amides is 1. The molecule has 1 aromatic rings. The van der Waals surface area contributed by atoms with Gasteiger partial charge in [-0.25, -0.2) is 0 Å². The number of ether oxygens (including phenoxy) is 1. The van der Waals surface area contributed by atoms with E-state index in [9.17, 15) is 18.0 Å². The van der Waals surface area contributed by atoms with Crippen LogP contribution in [0.2, 0.25) is 0 Å². The molecule has 1 atom stereocenters. The van der Waals surface area contributed by atoms with E-state index in [1.54, 1.807) is 12.1 Å². The Bertz CT molecular complexity index is 497. The van der Waals surface area contributed by atoms with Gasteiger partial charge in [-0.1, -0.05) is 24.3 Å². The van der Waals surface area contributed by atoms with Crippen molar-refractivity contribution < 1.29 is 22.7 Å². The maximum Gasteiger partial charge on any atom is 0.412 e. The first-order chi connectivity index (χ1) is 10.4. The summed E-state index contributed by atoms with van der Waals surface area (Å²) in [5.74, 6) is -0.709. The first kappa shape index (κ1) is 16.8. The van der Waals surface area contributed by atoms with Crippen LogP contribution < -0.4 is 5.32 Å². The van der Waals surface area contributed by atoms with Gasteiger partial charge < -0.3 is 10.1 Å². The summed E-state index contributed by atoms with van der Waals surface area (Å²) in [4.78, 5) is 13.2. The number of nitrogens with zero attached hydrogens (tertiary/aromatic N) is 1. The number of hydrogen-bond donors (Lipinski definition) is 1. The van der Waals surface area contributed by atoms with Gasteiger partial charge in [0, 0.05) is 26.6 Å². The van der Waals surface area contributed by atoms with Gasteiger partial charge in [-0.05, 0) is 11.1 Å². The van der Waals surface area contributed by atoms with E-state index in [-0.39, 0.29) is 5.56 Å². The summed E-state index contributed by atoms with van der Waals surface area (Å²) < 4.78 is 44.3. The second-order valence-electron chi connectivity index (χ2n) is 5.31. The molecule has 1 saturated heterocycles. The molecule has 1 aliphatic heterocycles. The number of morpholine rings is 1. The first-order valence-corrected chi connectivity index (χ1v) is 7.09.